The molecule has 0 amide bonds. The van der Waals surface area contributed by atoms with Crippen LogP contribution in [0.1, 0.15) is 19.5 Å². The minimum absolute atomic E-state index is 0.0538. The van der Waals surface area contributed by atoms with Gasteiger partial charge in [-0.3, -0.25) is 0 Å². The fourth-order valence-electron chi connectivity index (χ4n) is 3.22. The molecule has 0 spiro atoms. The molecule has 2 nitrogen and oxygen atoms in total. The lowest BCUT2D eigenvalue weighted by atomic mass is 10.1. The number of rotatable bonds is 5. The molecule has 1 fully saturated rings. The van der Waals surface area contributed by atoms with E-state index in [2.05, 4.69) is 4.98 Å². The summed E-state index contributed by atoms with van der Waals surface area (Å²) in [6, 6.07) is 14.7. The number of aromatic nitrogens is 1. The average molecular weight is 382 g/mol. The highest BCUT2D eigenvalue weighted by atomic mass is 35.5. The predicted molar refractivity (Wildman–Crippen MR) is 95.2 cm³/mol. The van der Waals surface area contributed by atoms with Crippen LogP contribution in [-0.4, -0.2) is 11.2 Å². The van der Waals surface area contributed by atoms with Gasteiger partial charge in [-0.15, -0.1) is 0 Å². The lowest BCUT2D eigenvalue weighted by molar-refractivity contribution is -0.0848. The first kappa shape index (κ1) is 18.8. The van der Waals surface area contributed by atoms with Gasteiger partial charge in [-0.25, -0.2) is 4.98 Å². The summed E-state index contributed by atoms with van der Waals surface area (Å²) in [5.41, 5.74) is 0.541. The molecule has 2 atom stereocenters. The standard InChI is InChI=1S/C20H19ClF3NO/c1-19(2)15(16(19)12-17(21)20(22,23)24)11-13-7-6-10-18(25-13)26-14-8-4-3-5-9-14/h3-10,12,15-16H,11H2,1-2H3/t15-,16+/m0/s1. The zero-order valence-electron chi connectivity index (χ0n) is 14.4. The molecule has 1 aromatic carbocycles. The Balaban J connectivity index is 1.70. The Kier molecular flexibility index (Phi) is 5.02. The number of nitrogens with zero attached hydrogens (tertiary/aromatic N) is 1. The molecule has 26 heavy (non-hydrogen) atoms. The Morgan fingerprint density at radius 2 is 1.85 bits per heavy atom. The van der Waals surface area contributed by atoms with Crippen molar-refractivity contribution in [3.8, 4) is 11.6 Å². The highest BCUT2D eigenvalue weighted by Crippen LogP contribution is 2.61. The van der Waals surface area contributed by atoms with E-state index in [1.165, 1.54) is 0 Å². The van der Waals surface area contributed by atoms with Crippen LogP contribution in [0.4, 0.5) is 13.2 Å². The van der Waals surface area contributed by atoms with Crippen molar-refractivity contribution in [2.24, 2.45) is 17.3 Å². The first-order valence-electron chi connectivity index (χ1n) is 8.31. The summed E-state index contributed by atoms with van der Waals surface area (Å²) in [4.78, 5) is 4.48. The van der Waals surface area contributed by atoms with Crippen molar-refractivity contribution >= 4 is 11.6 Å². The smallest absolute Gasteiger partial charge is 0.426 e. The second kappa shape index (κ2) is 6.95. The van der Waals surface area contributed by atoms with Crippen LogP contribution >= 0.6 is 11.6 Å². The molecule has 1 saturated carbocycles. The molecular formula is C20H19ClF3NO. The number of pyridine rings is 1. The molecule has 0 N–H and O–H groups in total. The average Bonchev–Trinajstić information content (AvgIpc) is 3.07. The third kappa shape index (κ3) is 4.21. The van der Waals surface area contributed by atoms with E-state index in [1.54, 1.807) is 6.07 Å². The van der Waals surface area contributed by atoms with Gasteiger partial charge in [0, 0.05) is 11.8 Å². The van der Waals surface area contributed by atoms with E-state index in [0.717, 1.165) is 11.8 Å². The second-order valence-electron chi connectivity index (χ2n) is 7.05. The zero-order valence-corrected chi connectivity index (χ0v) is 15.2. The number of para-hydroxylation sites is 1. The minimum Gasteiger partial charge on any atom is -0.439 e. The third-order valence-corrected chi connectivity index (χ3v) is 5.25. The van der Waals surface area contributed by atoms with Crippen molar-refractivity contribution in [2.75, 3.05) is 0 Å². The summed E-state index contributed by atoms with van der Waals surface area (Å²) in [7, 11) is 0. The molecule has 0 aliphatic heterocycles. The molecule has 0 radical (unpaired) electrons. The topological polar surface area (TPSA) is 22.1 Å². The van der Waals surface area contributed by atoms with Crippen LogP contribution in [0, 0.1) is 17.3 Å². The van der Waals surface area contributed by atoms with Crippen LogP contribution in [0.25, 0.3) is 0 Å². The summed E-state index contributed by atoms with van der Waals surface area (Å²) < 4.78 is 43.7. The van der Waals surface area contributed by atoms with Crippen LogP contribution < -0.4 is 4.74 Å². The summed E-state index contributed by atoms with van der Waals surface area (Å²) >= 11 is 5.40. The highest BCUT2D eigenvalue weighted by molar-refractivity contribution is 6.30. The van der Waals surface area contributed by atoms with E-state index in [1.807, 2.05) is 56.3 Å². The summed E-state index contributed by atoms with van der Waals surface area (Å²) in [6.45, 7) is 3.90. The van der Waals surface area contributed by atoms with Gasteiger partial charge in [0.2, 0.25) is 5.88 Å². The normalized spacial score (nSPS) is 22.2. The fourth-order valence-corrected chi connectivity index (χ4v) is 3.36. The first-order chi connectivity index (χ1) is 12.2. The van der Waals surface area contributed by atoms with Crippen molar-refractivity contribution in [3.05, 3.63) is 65.3 Å². The van der Waals surface area contributed by atoms with E-state index < -0.39 is 11.2 Å². The van der Waals surface area contributed by atoms with Crippen LogP contribution in [0.3, 0.4) is 0 Å². The molecule has 0 bridgehead atoms. The predicted octanol–water partition coefficient (Wildman–Crippen LogP) is 6.37. The quantitative estimate of drug-likeness (QED) is 0.600. The fraction of sp³-hybridized carbons (Fsp3) is 0.350. The summed E-state index contributed by atoms with van der Waals surface area (Å²) in [5, 5.41) is -1.05. The Morgan fingerprint density at radius 1 is 1.15 bits per heavy atom. The summed E-state index contributed by atoms with van der Waals surface area (Å²) in [6.07, 6.45) is -2.79. The molecule has 1 aromatic heterocycles. The van der Waals surface area contributed by atoms with Crippen molar-refractivity contribution in [3.63, 3.8) is 0 Å². The Hall–Kier alpha value is -2.01. The molecule has 0 saturated heterocycles. The maximum absolute atomic E-state index is 12.7. The maximum atomic E-state index is 12.7. The van der Waals surface area contributed by atoms with E-state index in [-0.39, 0.29) is 17.3 Å². The first-order valence-corrected chi connectivity index (χ1v) is 8.69. The molecule has 138 valence electrons. The van der Waals surface area contributed by atoms with E-state index in [9.17, 15) is 13.2 Å². The Morgan fingerprint density at radius 3 is 2.50 bits per heavy atom. The Bertz CT molecular complexity index is 802. The van der Waals surface area contributed by atoms with Gasteiger partial charge >= 0.3 is 6.18 Å². The SMILES string of the molecule is CC1(C)[C@H](C=C(Cl)C(F)(F)F)[C@@H]1Cc1cccc(Oc2ccccc2)n1. The van der Waals surface area contributed by atoms with Crippen molar-refractivity contribution in [1.29, 1.82) is 0 Å². The number of benzene rings is 1. The van der Waals surface area contributed by atoms with Gasteiger partial charge in [0.1, 0.15) is 10.8 Å². The number of hydrogen-bond acceptors (Lipinski definition) is 2. The van der Waals surface area contributed by atoms with Gasteiger partial charge < -0.3 is 4.74 Å². The molecule has 0 unspecified atom stereocenters. The lowest BCUT2D eigenvalue weighted by Crippen LogP contribution is -2.07. The number of allylic oxidation sites excluding steroid dienone is 2. The lowest BCUT2D eigenvalue weighted by Gasteiger charge is -2.07. The van der Waals surface area contributed by atoms with Crippen LogP contribution in [-0.2, 0) is 6.42 Å². The van der Waals surface area contributed by atoms with Gasteiger partial charge in [0.05, 0.1) is 0 Å². The molecule has 1 aliphatic rings. The monoisotopic (exact) mass is 381 g/mol. The second-order valence-corrected chi connectivity index (χ2v) is 7.46. The molecule has 2 aromatic rings. The molecule has 6 heteroatoms. The van der Waals surface area contributed by atoms with Gasteiger partial charge in [-0.2, -0.15) is 13.2 Å². The van der Waals surface area contributed by atoms with Crippen LogP contribution in [0.2, 0.25) is 0 Å². The van der Waals surface area contributed by atoms with E-state index in [0.29, 0.717) is 18.1 Å². The van der Waals surface area contributed by atoms with Gasteiger partial charge in [0.25, 0.3) is 0 Å². The van der Waals surface area contributed by atoms with Crippen molar-refractivity contribution < 1.29 is 17.9 Å². The molecular weight excluding hydrogens is 363 g/mol. The summed E-state index contributed by atoms with van der Waals surface area (Å²) in [5.74, 6) is 0.976. The largest absolute Gasteiger partial charge is 0.439 e. The highest BCUT2D eigenvalue weighted by Gasteiger charge is 2.56. The van der Waals surface area contributed by atoms with Crippen molar-refractivity contribution in [2.45, 2.75) is 26.4 Å². The van der Waals surface area contributed by atoms with Gasteiger partial charge in [-0.1, -0.05) is 55.8 Å². The molecule has 1 heterocycles. The number of hydrogen-bond donors (Lipinski definition) is 0. The maximum Gasteiger partial charge on any atom is 0.426 e. The van der Waals surface area contributed by atoms with Crippen LogP contribution in [0.15, 0.2) is 59.6 Å². The van der Waals surface area contributed by atoms with Gasteiger partial charge in [0.15, 0.2) is 0 Å². The van der Waals surface area contributed by atoms with E-state index >= 15 is 0 Å². The minimum atomic E-state index is -4.49. The number of ether oxygens (including phenoxy) is 1. The third-order valence-electron chi connectivity index (χ3n) is 4.91. The Labute approximate surface area is 155 Å². The van der Waals surface area contributed by atoms with E-state index in [4.69, 9.17) is 16.3 Å². The zero-order chi connectivity index (χ0) is 18.9. The molecule has 3 rings (SSSR count). The van der Waals surface area contributed by atoms with Crippen LogP contribution in [0.5, 0.6) is 11.6 Å². The van der Waals surface area contributed by atoms with Crippen molar-refractivity contribution in [1.82, 2.24) is 4.98 Å². The number of alkyl halides is 3. The molecule has 1 aliphatic carbocycles. The van der Waals surface area contributed by atoms with Gasteiger partial charge in [-0.05, 0) is 41.9 Å². The number of halogens is 4.